The molecule has 0 bridgehead atoms. The van der Waals surface area contributed by atoms with Crippen molar-refractivity contribution in [1.82, 2.24) is 5.43 Å². The van der Waals surface area contributed by atoms with Crippen molar-refractivity contribution < 1.29 is 4.74 Å². The van der Waals surface area contributed by atoms with E-state index in [9.17, 15) is 0 Å². The smallest absolute Gasteiger partial charge is 0.0477 e. The second-order valence-corrected chi connectivity index (χ2v) is 3.13. The first-order valence-electron chi connectivity index (χ1n) is 4.75. The van der Waals surface area contributed by atoms with Crippen LogP contribution in [0.2, 0.25) is 0 Å². The number of ether oxygens (including phenoxy) is 1. The molecule has 0 fully saturated rings. The third-order valence-electron chi connectivity index (χ3n) is 2.46. The van der Waals surface area contributed by atoms with Crippen molar-refractivity contribution in [2.24, 2.45) is 11.8 Å². The Morgan fingerprint density at radius 2 is 1.92 bits per heavy atom. The van der Waals surface area contributed by atoms with Crippen LogP contribution in [-0.4, -0.2) is 19.8 Å². The minimum absolute atomic E-state index is 0.403. The minimum atomic E-state index is 0.403. The van der Waals surface area contributed by atoms with E-state index >= 15 is 0 Å². The fourth-order valence-electron chi connectivity index (χ4n) is 1.56. The fraction of sp³-hybridized carbons (Fsp3) is 1.00. The van der Waals surface area contributed by atoms with Crippen LogP contribution in [0.4, 0.5) is 0 Å². The molecule has 74 valence electrons. The molecule has 0 radical (unpaired) electrons. The third kappa shape index (κ3) is 4.04. The summed E-state index contributed by atoms with van der Waals surface area (Å²) in [5.41, 5.74) is 2.86. The first kappa shape index (κ1) is 11.9. The molecule has 0 aliphatic carbocycles. The molecule has 1 atom stereocenters. The van der Waals surface area contributed by atoms with Crippen LogP contribution in [0, 0.1) is 5.92 Å². The Kier molecular flexibility index (Phi) is 7.45. The van der Waals surface area contributed by atoms with Gasteiger partial charge in [0, 0.05) is 19.8 Å². The fourth-order valence-corrected chi connectivity index (χ4v) is 1.56. The summed E-state index contributed by atoms with van der Waals surface area (Å²) in [5.74, 6) is 6.13. The van der Waals surface area contributed by atoms with E-state index in [0.29, 0.717) is 12.0 Å². The van der Waals surface area contributed by atoms with Crippen LogP contribution < -0.4 is 11.3 Å². The topological polar surface area (TPSA) is 47.3 Å². The molecule has 12 heavy (non-hydrogen) atoms. The molecule has 0 aliphatic rings. The summed E-state index contributed by atoms with van der Waals surface area (Å²) in [4.78, 5) is 0. The Hall–Kier alpha value is -0.120. The second-order valence-electron chi connectivity index (χ2n) is 3.13. The molecule has 0 aromatic carbocycles. The van der Waals surface area contributed by atoms with Crippen molar-refractivity contribution in [2.45, 2.75) is 39.2 Å². The largest absolute Gasteiger partial charge is 0.385 e. The van der Waals surface area contributed by atoms with Gasteiger partial charge in [-0.3, -0.25) is 11.3 Å². The highest BCUT2D eigenvalue weighted by atomic mass is 16.5. The summed E-state index contributed by atoms with van der Waals surface area (Å²) >= 11 is 0. The normalized spacial score (nSPS) is 13.8. The third-order valence-corrected chi connectivity index (χ3v) is 2.46. The highest BCUT2D eigenvalue weighted by molar-refractivity contribution is 4.71. The molecule has 3 N–H and O–H groups in total. The molecule has 0 aliphatic heterocycles. The van der Waals surface area contributed by atoms with Gasteiger partial charge < -0.3 is 4.74 Å². The van der Waals surface area contributed by atoms with Gasteiger partial charge in [-0.05, 0) is 12.3 Å². The van der Waals surface area contributed by atoms with Crippen molar-refractivity contribution in [3.8, 4) is 0 Å². The molecule has 1 unspecified atom stereocenters. The quantitative estimate of drug-likeness (QED) is 0.451. The van der Waals surface area contributed by atoms with Crippen LogP contribution >= 0.6 is 0 Å². The van der Waals surface area contributed by atoms with E-state index in [1.54, 1.807) is 7.11 Å². The number of rotatable bonds is 7. The van der Waals surface area contributed by atoms with Crippen LogP contribution in [0.5, 0.6) is 0 Å². The van der Waals surface area contributed by atoms with E-state index in [4.69, 9.17) is 10.6 Å². The monoisotopic (exact) mass is 174 g/mol. The average molecular weight is 174 g/mol. The Labute approximate surface area is 75.6 Å². The predicted molar refractivity (Wildman–Crippen MR) is 51.7 cm³/mol. The summed E-state index contributed by atoms with van der Waals surface area (Å²) in [6.45, 7) is 5.18. The number of hydrogen-bond donors (Lipinski definition) is 2. The van der Waals surface area contributed by atoms with E-state index < -0.39 is 0 Å². The van der Waals surface area contributed by atoms with Crippen molar-refractivity contribution >= 4 is 0 Å². The molecule has 0 aromatic heterocycles. The van der Waals surface area contributed by atoms with Gasteiger partial charge in [0.15, 0.2) is 0 Å². The molecular formula is C9H22N2O. The zero-order chi connectivity index (χ0) is 9.40. The molecule has 0 rings (SSSR count). The molecule has 0 aromatic rings. The highest BCUT2D eigenvalue weighted by Gasteiger charge is 2.15. The van der Waals surface area contributed by atoms with Gasteiger partial charge in [-0.15, -0.1) is 0 Å². The number of hydrogen-bond acceptors (Lipinski definition) is 3. The van der Waals surface area contributed by atoms with Gasteiger partial charge in [-0.2, -0.15) is 0 Å². The number of nitrogens with one attached hydrogen (secondary N) is 1. The van der Waals surface area contributed by atoms with Crippen molar-refractivity contribution in [1.29, 1.82) is 0 Å². The molecule has 3 heteroatoms. The molecule has 0 saturated heterocycles. The molecular weight excluding hydrogens is 152 g/mol. The van der Waals surface area contributed by atoms with Gasteiger partial charge in [0.25, 0.3) is 0 Å². The molecule has 0 amide bonds. The SMILES string of the molecule is CCC(CC)C(CCOC)NN. The maximum Gasteiger partial charge on any atom is 0.0477 e. The number of nitrogens with two attached hydrogens (primary N) is 1. The van der Waals surface area contributed by atoms with E-state index in [1.807, 2.05) is 0 Å². The van der Waals surface area contributed by atoms with E-state index in [1.165, 1.54) is 12.8 Å². The Bertz CT molecular complexity index is 94.5. The lowest BCUT2D eigenvalue weighted by Gasteiger charge is -2.23. The van der Waals surface area contributed by atoms with E-state index in [-0.39, 0.29) is 0 Å². The van der Waals surface area contributed by atoms with E-state index in [2.05, 4.69) is 19.3 Å². The standard InChI is InChI=1S/C9H22N2O/c1-4-8(5-2)9(11-10)6-7-12-3/h8-9,11H,4-7,10H2,1-3H3. The average Bonchev–Trinajstić information content (AvgIpc) is 2.12. The van der Waals surface area contributed by atoms with Gasteiger partial charge in [0.05, 0.1) is 0 Å². The van der Waals surface area contributed by atoms with Gasteiger partial charge in [-0.1, -0.05) is 26.7 Å². The van der Waals surface area contributed by atoms with Crippen LogP contribution in [-0.2, 0) is 4.74 Å². The summed E-state index contributed by atoms with van der Waals surface area (Å²) in [6, 6.07) is 0.403. The van der Waals surface area contributed by atoms with Crippen LogP contribution in [0.15, 0.2) is 0 Å². The predicted octanol–water partition coefficient (Wildman–Crippen LogP) is 1.29. The lowest BCUT2D eigenvalue weighted by atomic mass is 9.93. The molecule has 0 spiro atoms. The summed E-state index contributed by atoms with van der Waals surface area (Å²) in [7, 11) is 1.72. The zero-order valence-electron chi connectivity index (χ0n) is 8.47. The van der Waals surface area contributed by atoms with Crippen molar-refractivity contribution in [3.05, 3.63) is 0 Å². The van der Waals surface area contributed by atoms with Gasteiger partial charge >= 0.3 is 0 Å². The van der Waals surface area contributed by atoms with Crippen molar-refractivity contribution in [2.75, 3.05) is 13.7 Å². The first-order chi connectivity index (χ1) is 5.79. The summed E-state index contributed by atoms with van der Waals surface area (Å²) in [5, 5.41) is 0. The maximum absolute atomic E-state index is 5.46. The number of methoxy groups -OCH3 is 1. The van der Waals surface area contributed by atoms with Crippen LogP contribution in [0.3, 0.4) is 0 Å². The Balaban J connectivity index is 3.75. The highest BCUT2D eigenvalue weighted by Crippen LogP contribution is 2.14. The second kappa shape index (κ2) is 7.53. The van der Waals surface area contributed by atoms with Gasteiger partial charge in [0.1, 0.15) is 0 Å². The van der Waals surface area contributed by atoms with Gasteiger partial charge in [-0.25, -0.2) is 0 Å². The molecule has 3 nitrogen and oxygen atoms in total. The summed E-state index contributed by atoms with van der Waals surface area (Å²) < 4.78 is 5.02. The number of hydrazine groups is 1. The Morgan fingerprint density at radius 1 is 1.33 bits per heavy atom. The zero-order valence-corrected chi connectivity index (χ0v) is 8.47. The Morgan fingerprint density at radius 3 is 2.25 bits per heavy atom. The molecule has 0 heterocycles. The van der Waals surface area contributed by atoms with Crippen LogP contribution in [0.25, 0.3) is 0 Å². The van der Waals surface area contributed by atoms with Gasteiger partial charge in [0.2, 0.25) is 0 Å². The lowest BCUT2D eigenvalue weighted by Crippen LogP contribution is -2.41. The van der Waals surface area contributed by atoms with Crippen LogP contribution in [0.1, 0.15) is 33.1 Å². The van der Waals surface area contributed by atoms with E-state index in [0.717, 1.165) is 13.0 Å². The molecule has 0 saturated carbocycles. The maximum atomic E-state index is 5.46. The first-order valence-corrected chi connectivity index (χ1v) is 4.75. The lowest BCUT2D eigenvalue weighted by molar-refractivity contribution is 0.167. The minimum Gasteiger partial charge on any atom is -0.385 e. The van der Waals surface area contributed by atoms with Crippen molar-refractivity contribution in [3.63, 3.8) is 0 Å². The summed E-state index contributed by atoms with van der Waals surface area (Å²) in [6.07, 6.45) is 3.35.